The van der Waals surface area contributed by atoms with Gasteiger partial charge in [-0.15, -0.1) is 12.4 Å². The molecule has 1 unspecified atom stereocenters. The van der Waals surface area contributed by atoms with Crippen LogP contribution in [0.5, 0.6) is 0 Å². The fourth-order valence-electron chi connectivity index (χ4n) is 2.30. The predicted octanol–water partition coefficient (Wildman–Crippen LogP) is -0.245. The van der Waals surface area contributed by atoms with E-state index in [1.807, 2.05) is 4.90 Å². The Labute approximate surface area is 108 Å². The summed E-state index contributed by atoms with van der Waals surface area (Å²) in [6.45, 7) is 4.65. The molecule has 2 amide bonds. The van der Waals surface area contributed by atoms with Crippen molar-refractivity contribution in [2.75, 3.05) is 26.2 Å². The van der Waals surface area contributed by atoms with E-state index >= 15 is 0 Å². The van der Waals surface area contributed by atoms with Crippen molar-refractivity contribution in [3.63, 3.8) is 0 Å². The van der Waals surface area contributed by atoms with Crippen LogP contribution in [0.4, 0.5) is 0 Å². The molecule has 98 valence electrons. The van der Waals surface area contributed by atoms with E-state index in [4.69, 9.17) is 0 Å². The van der Waals surface area contributed by atoms with Gasteiger partial charge in [-0.05, 0) is 12.8 Å². The number of rotatable bonds is 2. The van der Waals surface area contributed by atoms with Crippen LogP contribution in [0.2, 0.25) is 0 Å². The Balaban J connectivity index is 0.00000144. The summed E-state index contributed by atoms with van der Waals surface area (Å²) in [7, 11) is 0. The van der Waals surface area contributed by atoms with Crippen LogP contribution in [-0.4, -0.2) is 48.9 Å². The first-order valence-electron chi connectivity index (χ1n) is 5.93. The maximum Gasteiger partial charge on any atom is 0.228 e. The van der Waals surface area contributed by atoms with Crippen molar-refractivity contribution in [2.45, 2.75) is 25.8 Å². The maximum absolute atomic E-state index is 12.0. The van der Waals surface area contributed by atoms with Crippen molar-refractivity contribution in [3.05, 3.63) is 0 Å². The Bertz CT molecular complexity index is 294. The van der Waals surface area contributed by atoms with E-state index in [1.165, 1.54) is 6.92 Å². The summed E-state index contributed by atoms with van der Waals surface area (Å²) in [4.78, 5) is 24.8. The molecular weight excluding hydrogens is 242 g/mol. The first-order valence-corrected chi connectivity index (χ1v) is 5.93. The van der Waals surface area contributed by atoms with Crippen LogP contribution in [0.15, 0.2) is 0 Å². The first-order chi connectivity index (χ1) is 7.66. The zero-order chi connectivity index (χ0) is 11.5. The second-order valence-electron chi connectivity index (χ2n) is 4.68. The molecule has 0 aromatic heterocycles. The maximum atomic E-state index is 12.0. The summed E-state index contributed by atoms with van der Waals surface area (Å²) in [6, 6.07) is 0.142. The van der Waals surface area contributed by atoms with Crippen LogP contribution in [-0.2, 0) is 9.59 Å². The van der Waals surface area contributed by atoms with Crippen molar-refractivity contribution in [2.24, 2.45) is 5.92 Å². The zero-order valence-corrected chi connectivity index (χ0v) is 10.9. The van der Waals surface area contributed by atoms with Gasteiger partial charge in [0.15, 0.2) is 0 Å². The molecule has 6 heteroatoms. The average molecular weight is 262 g/mol. The largest absolute Gasteiger partial charge is 0.352 e. The number of piperidine rings is 1. The summed E-state index contributed by atoms with van der Waals surface area (Å²) in [5.74, 6) is 0.398. The summed E-state index contributed by atoms with van der Waals surface area (Å²) in [5, 5.41) is 6.00. The van der Waals surface area contributed by atoms with Gasteiger partial charge >= 0.3 is 0 Å². The SMILES string of the molecule is CC(=O)NC1CCCN(C(=O)C2CNC2)C1.Cl. The third kappa shape index (κ3) is 3.57. The van der Waals surface area contributed by atoms with Gasteiger partial charge in [-0.1, -0.05) is 0 Å². The molecular formula is C11H20ClN3O2. The molecule has 2 aliphatic heterocycles. The number of carbonyl (C=O) groups excluding carboxylic acids is 2. The number of halogens is 1. The van der Waals surface area contributed by atoms with E-state index in [2.05, 4.69) is 10.6 Å². The number of nitrogens with zero attached hydrogens (tertiary/aromatic N) is 1. The van der Waals surface area contributed by atoms with Crippen LogP contribution >= 0.6 is 12.4 Å². The number of likely N-dealkylation sites (tertiary alicyclic amines) is 1. The molecule has 2 heterocycles. The molecule has 17 heavy (non-hydrogen) atoms. The van der Waals surface area contributed by atoms with Gasteiger partial charge in [0.25, 0.3) is 0 Å². The monoisotopic (exact) mass is 261 g/mol. The van der Waals surface area contributed by atoms with Crippen molar-refractivity contribution in [1.29, 1.82) is 0 Å². The molecule has 2 aliphatic rings. The van der Waals surface area contributed by atoms with Gasteiger partial charge in [0.1, 0.15) is 0 Å². The topological polar surface area (TPSA) is 61.4 Å². The minimum Gasteiger partial charge on any atom is -0.352 e. The average Bonchev–Trinajstić information content (AvgIpc) is 2.14. The van der Waals surface area contributed by atoms with E-state index in [0.717, 1.165) is 32.5 Å². The Morgan fingerprint density at radius 1 is 1.35 bits per heavy atom. The summed E-state index contributed by atoms with van der Waals surface area (Å²) in [6.07, 6.45) is 1.96. The highest BCUT2D eigenvalue weighted by Crippen LogP contribution is 2.15. The highest BCUT2D eigenvalue weighted by atomic mass is 35.5. The highest BCUT2D eigenvalue weighted by Gasteiger charge is 2.32. The molecule has 2 N–H and O–H groups in total. The van der Waals surface area contributed by atoms with Crippen molar-refractivity contribution in [3.8, 4) is 0 Å². The lowest BCUT2D eigenvalue weighted by molar-refractivity contribution is -0.139. The van der Waals surface area contributed by atoms with E-state index in [0.29, 0.717) is 6.54 Å². The van der Waals surface area contributed by atoms with Crippen LogP contribution in [0.25, 0.3) is 0 Å². The van der Waals surface area contributed by atoms with E-state index in [1.54, 1.807) is 0 Å². The van der Waals surface area contributed by atoms with Gasteiger partial charge in [0.05, 0.1) is 5.92 Å². The zero-order valence-electron chi connectivity index (χ0n) is 10.1. The van der Waals surface area contributed by atoms with E-state index < -0.39 is 0 Å². The molecule has 2 rings (SSSR count). The fraction of sp³-hybridized carbons (Fsp3) is 0.818. The molecule has 0 bridgehead atoms. The number of hydrogen-bond donors (Lipinski definition) is 2. The Kier molecular flexibility index (Phi) is 5.21. The number of carbonyl (C=O) groups is 2. The number of nitrogens with one attached hydrogen (secondary N) is 2. The minimum absolute atomic E-state index is 0. The third-order valence-corrected chi connectivity index (χ3v) is 3.27. The van der Waals surface area contributed by atoms with Gasteiger partial charge in [-0.3, -0.25) is 9.59 Å². The second-order valence-corrected chi connectivity index (χ2v) is 4.68. The molecule has 0 aromatic rings. The van der Waals surface area contributed by atoms with Crippen LogP contribution in [0.3, 0.4) is 0 Å². The number of amides is 2. The van der Waals surface area contributed by atoms with Gasteiger partial charge in [-0.25, -0.2) is 0 Å². The Hall–Kier alpha value is -0.810. The molecule has 2 fully saturated rings. The smallest absolute Gasteiger partial charge is 0.228 e. The molecule has 0 aromatic carbocycles. The second kappa shape index (κ2) is 6.21. The van der Waals surface area contributed by atoms with E-state index in [9.17, 15) is 9.59 Å². The van der Waals surface area contributed by atoms with Gasteiger partial charge in [0, 0.05) is 39.1 Å². The molecule has 0 aliphatic carbocycles. The third-order valence-electron chi connectivity index (χ3n) is 3.27. The van der Waals surface area contributed by atoms with Gasteiger partial charge < -0.3 is 15.5 Å². The van der Waals surface area contributed by atoms with Crippen molar-refractivity contribution < 1.29 is 9.59 Å². The predicted molar refractivity (Wildman–Crippen MR) is 67.0 cm³/mol. The Morgan fingerprint density at radius 3 is 2.59 bits per heavy atom. The molecule has 0 saturated carbocycles. The molecule has 2 saturated heterocycles. The normalized spacial score (nSPS) is 24.5. The fourth-order valence-corrected chi connectivity index (χ4v) is 2.30. The van der Waals surface area contributed by atoms with Crippen LogP contribution in [0.1, 0.15) is 19.8 Å². The first kappa shape index (κ1) is 14.3. The Morgan fingerprint density at radius 2 is 2.06 bits per heavy atom. The molecule has 5 nitrogen and oxygen atoms in total. The van der Waals surface area contributed by atoms with Crippen LogP contribution < -0.4 is 10.6 Å². The van der Waals surface area contributed by atoms with Crippen molar-refractivity contribution >= 4 is 24.2 Å². The van der Waals surface area contributed by atoms with E-state index in [-0.39, 0.29) is 36.2 Å². The van der Waals surface area contributed by atoms with Crippen LogP contribution in [0, 0.1) is 5.92 Å². The lowest BCUT2D eigenvalue weighted by atomic mass is 9.98. The molecule has 0 radical (unpaired) electrons. The van der Waals surface area contributed by atoms with Gasteiger partial charge in [-0.2, -0.15) is 0 Å². The highest BCUT2D eigenvalue weighted by molar-refractivity contribution is 5.85. The quantitative estimate of drug-likeness (QED) is 0.721. The van der Waals surface area contributed by atoms with Gasteiger partial charge in [0.2, 0.25) is 11.8 Å². The number of hydrogen-bond acceptors (Lipinski definition) is 3. The lowest BCUT2D eigenvalue weighted by Gasteiger charge is -2.37. The summed E-state index contributed by atoms with van der Waals surface area (Å²) < 4.78 is 0. The molecule has 1 atom stereocenters. The standard InChI is InChI=1S/C11H19N3O2.ClH/c1-8(15)13-10-3-2-4-14(7-10)11(16)9-5-12-6-9;/h9-10,12H,2-7H2,1H3,(H,13,15);1H. The molecule has 0 spiro atoms. The minimum atomic E-state index is -0.00962. The summed E-state index contributed by atoms with van der Waals surface area (Å²) >= 11 is 0. The lowest BCUT2D eigenvalue weighted by Crippen LogP contribution is -2.56. The summed E-state index contributed by atoms with van der Waals surface area (Å²) in [5.41, 5.74) is 0. The van der Waals surface area contributed by atoms with Crippen molar-refractivity contribution in [1.82, 2.24) is 15.5 Å².